The van der Waals surface area contributed by atoms with Crippen molar-refractivity contribution in [1.29, 1.82) is 0 Å². The van der Waals surface area contributed by atoms with Crippen LogP contribution in [0.25, 0.3) is 17.1 Å². The number of halogens is 1. The molecule has 0 fully saturated rings. The highest BCUT2D eigenvalue weighted by Gasteiger charge is 2.16. The van der Waals surface area contributed by atoms with Gasteiger partial charge < -0.3 is 0 Å². The average molecular weight is 450 g/mol. The van der Waals surface area contributed by atoms with E-state index in [4.69, 9.17) is 0 Å². The third kappa shape index (κ3) is 4.05. The molecule has 0 unspecified atom stereocenters. The van der Waals surface area contributed by atoms with Crippen LogP contribution in [0, 0.1) is 13.8 Å². The normalized spacial score (nSPS) is 11.0. The first-order chi connectivity index (χ1) is 13.6. The molecule has 140 valence electrons. The molecular weight excluding hydrogens is 430 g/mol. The van der Waals surface area contributed by atoms with Crippen molar-refractivity contribution in [2.24, 2.45) is 0 Å². The number of aryl methyl sites for hydroxylation is 2. The zero-order valence-electron chi connectivity index (χ0n) is 15.8. The van der Waals surface area contributed by atoms with E-state index in [1.807, 2.05) is 18.2 Å². The smallest absolute Gasteiger partial charge is 0.196 e. The second-order valence-corrected chi connectivity index (χ2v) is 8.55. The Kier molecular flexibility index (Phi) is 5.64. The monoisotopic (exact) mass is 449 g/mol. The standard InChI is InChI=1S/C23H20BrN3S/c1-16-8-13-21(14-17(16)2)27-22(19-6-4-3-5-7-19)25-26-23(27)28-15-18-9-11-20(24)12-10-18/h3-14H,15H2,1-2H3. The van der Waals surface area contributed by atoms with Gasteiger partial charge in [-0.2, -0.15) is 0 Å². The minimum Gasteiger partial charge on any atom is -0.270 e. The quantitative estimate of drug-likeness (QED) is 0.321. The van der Waals surface area contributed by atoms with Gasteiger partial charge in [0.2, 0.25) is 0 Å². The summed E-state index contributed by atoms with van der Waals surface area (Å²) < 4.78 is 3.25. The Balaban J connectivity index is 1.74. The lowest BCUT2D eigenvalue weighted by Gasteiger charge is -2.12. The van der Waals surface area contributed by atoms with Crippen molar-refractivity contribution in [1.82, 2.24) is 14.8 Å². The fraction of sp³-hybridized carbons (Fsp3) is 0.130. The number of hydrogen-bond donors (Lipinski definition) is 0. The molecule has 5 heteroatoms. The van der Waals surface area contributed by atoms with E-state index >= 15 is 0 Å². The summed E-state index contributed by atoms with van der Waals surface area (Å²) in [7, 11) is 0. The van der Waals surface area contributed by atoms with Crippen molar-refractivity contribution in [2.45, 2.75) is 24.8 Å². The second kappa shape index (κ2) is 8.33. The van der Waals surface area contributed by atoms with Gasteiger partial charge in [-0.05, 0) is 54.8 Å². The third-order valence-corrected chi connectivity index (χ3v) is 6.22. The highest BCUT2D eigenvalue weighted by atomic mass is 79.9. The molecule has 1 aromatic heterocycles. The highest BCUT2D eigenvalue weighted by molar-refractivity contribution is 9.10. The Morgan fingerprint density at radius 2 is 1.61 bits per heavy atom. The summed E-state index contributed by atoms with van der Waals surface area (Å²) in [5, 5.41) is 9.94. The van der Waals surface area contributed by atoms with Gasteiger partial charge in [0.1, 0.15) is 0 Å². The first-order valence-corrected chi connectivity index (χ1v) is 10.9. The van der Waals surface area contributed by atoms with E-state index < -0.39 is 0 Å². The van der Waals surface area contributed by atoms with Crippen LogP contribution in [0.4, 0.5) is 0 Å². The molecule has 3 aromatic carbocycles. The molecule has 0 saturated heterocycles. The average Bonchev–Trinajstić information content (AvgIpc) is 3.14. The molecule has 1 heterocycles. The van der Waals surface area contributed by atoms with Gasteiger partial charge in [-0.1, -0.05) is 76.2 Å². The van der Waals surface area contributed by atoms with Crippen LogP contribution in [-0.2, 0) is 5.75 Å². The van der Waals surface area contributed by atoms with Crippen LogP contribution in [0.3, 0.4) is 0 Å². The lowest BCUT2D eigenvalue weighted by atomic mass is 10.1. The second-order valence-electron chi connectivity index (χ2n) is 6.69. The fourth-order valence-corrected chi connectivity index (χ4v) is 4.14. The van der Waals surface area contributed by atoms with Crippen LogP contribution in [0.15, 0.2) is 82.4 Å². The van der Waals surface area contributed by atoms with Gasteiger partial charge in [0.15, 0.2) is 11.0 Å². The van der Waals surface area contributed by atoms with Gasteiger partial charge >= 0.3 is 0 Å². The van der Waals surface area contributed by atoms with E-state index in [2.05, 4.69) is 99.1 Å². The SMILES string of the molecule is Cc1ccc(-n2c(SCc3ccc(Br)cc3)nnc2-c2ccccc2)cc1C. The maximum absolute atomic E-state index is 4.53. The van der Waals surface area contributed by atoms with Crippen LogP contribution >= 0.6 is 27.7 Å². The van der Waals surface area contributed by atoms with E-state index in [0.29, 0.717) is 0 Å². The lowest BCUT2D eigenvalue weighted by molar-refractivity contribution is 0.884. The van der Waals surface area contributed by atoms with Gasteiger partial charge in [-0.3, -0.25) is 4.57 Å². The number of rotatable bonds is 5. The Morgan fingerprint density at radius 1 is 0.857 bits per heavy atom. The number of aromatic nitrogens is 3. The van der Waals surface area contributed by atoms with Crippen LogP contribution in [0.5, 0.6) is 0 Å². The van der Waals surface area contributed by atoms with Crippen molar-refractivity contribution in [3.05, 3.63) is 94.0 Å². The summed E-state index contributed by atoms with van der Waals surface area (Å²) in [6, 6.07) is 25.1. The zero-order valence-corrected chi connectivity index (χ0v) is 18.2. The topological polar surface area (TPSA) is 30.7 Å². The third-order valence-electron chi connectivity index (χ3n) is 4.70. The van der Waals surface area contributed by atoms with Crippen molar-refractivity contribution in [3.8, 4) is 17.1 Å². The maximum atomic E-state index is 4.53. The van der Waals surface area contributed by atoms with Crippen molar-refractivity contribution < 1.29 is 0 Å². The van der Waals surface area contributed by atoms with E-state index in [1.54, 1.807) is 11.8 Å². The molecule has 0 radical (unpaired) electrons. The summed E-state index contributed by atoms with van der Waals surface area (Å²) in [6.07, 6.45) is 0. The molecule has 0 bridgehead atoms. The number of nitrogens with zero attached hydrogens (tertiary/aromatic N) is 3. The summed E-state index contributed by atoms with van der Waals surface area (Å²) in [5.74, 6) is 1.70. The van der Waals surface area contributed by atoms with E-state index in [9.17, 15) is 0 Å². The van der Waals surface area contributed by atoms with Gasteiger partial charge in [-0.25, -0.2) is 0 Å². The minimum absolute atomic E-state index is 0.838. The fourth-order valence-electron chi connectivity index (χ4n) is 2.96. The molecule has 0 saturated carbocycles. The van der Waals surface area contributed by atoms with Crippen LogP contribution in [-0.4, -0.2) is 14.8 Å². The molecule has 0 aliphatic carbocycles. The molecular formula is C23H20BrN3S. The Hall–Kier alpha value is -2.37. The predicted octanol–water partition coefficient (Wildman–Crippen LogP) is 6.61. The predicted molar refractivity (Wildman–Crippen MR) is 120 cm³/mol. The van der Waals surface area contributed by atoms with Crippen molar-refractivity contribution in [3.63, 3.8) is 0 Å². The van der Waals surface area contributed by atoms with Crippen LogP contribution < -0.4 is 0 Å². The lowest BCUT2D eigenvalue weighted by Crippen LogP contribution is -2.01. The number of thioether (sulfide) groups is 1. The van der Waals surface area contributed by atoms with Gasteiger partial charge in [0, 0.05) is 15.8 Å². The molecule has 0 aliphatic rings. The molecule has 3 nitrogen and oxygen atoms in total. The summed E-state index contributed by atoms with van der Waals surface area (Å²) in [4.78, 5) is 0. The van der Waals surface area contributed by atoms with E-state index in [-0.39, 0.29) is 0 Å². The largest absolute Gasteiger partial charge is 0.270 e. The van der Waals surface area contributed by atoms with Gasteiger partial charge in [0.25, 0.3) is 0 Å². The van der Waals surface area contributed by atoms with Crippen LogP contribution in [0.2, 0.25) is 0 Å². The summed E-state index contributed by atoms with van der Waals surface area (Å²) >= 11 is 5.19. The molecule has 4 rings (SSSR count). The molecule has 0 N–H and O–H groups in total. The van der Waals surface area contributed by atoms with Crippen molar-refractivity contribution in [2.75, 3.05) is 0 Å². The molecule has 0 aliphatic heterocycles. The maximum Gasteiger partial charge on any atom is 0.196 e. The van der Waals surface area contributed by atoms with Crippen molar-refractivity contribution >= 4 is 27.7 Å². The van der Waals surface area contributed by atoms with Gasteiger partial charge in [0.05, 0.1) is 5.69 Å². The minimum atomic E-state index is 0.838. The molecule has 0 amide bonds. The van der Waals surface area contributed by atoms with Gasteiger partial charge in [-0.15, -0.1) is 10.2 Å². The molecule has 28 heavy (non-hydrogen) atoms. The van der Waals surface area contributed by atoms with E-state index in [0.717, 1.165) is 32.5 Å². The van der Waals surface area contributed by atoms with Crippen LogP contribution in [0.1, 0.15) is 16.7 Å². The first kappa shape index (κ1) is 19.0. The Labute approximate surface area is 178 Å². The Bertz CT molecular complexity index is 1090. The number of hydrogen-bond acceptors (Lipinski definition) is 3. The molecule has 0 atom stereocenters. The molecule has 4 aromatic rings. The van der Waals surface area contributed by atoms with E-state index in [1.165, 1.54) is 16.7 Å². The highest BCUT2D eigenvalue weighted by Crippen LogP contribution is 2.30. The Morgan fingerprint density at radius 3 is 2.32 bits per heavy atom. The molecule has 0 spiro atoms. The zero-order chi connectivity index (χ0) is 19.5. The number of benzene rings is 3. The summed E-state index contributed by atoms with van der Waals surface area (Å²) in [6.45, 7) is 4.27. The summed E-state index contributed by atoms with van der Waals surface area (Å²) in [5.41, 5.74) is 5.94. The first-order valence-electron chi connectivity index (χ1n) is 9.07.